The van der Waals surface area contributed by atoms with Gasteiger partial charge in [-0.25, -0.2) is 88.8 Å². The molecular weight excluding hydrogens is 1700 g/mol. The lowest BCUT2D eigenvalue weighted by Gasteiger charge is -2.30. The van der Waals surface area contributed by atoms with Crippen LogP contribution in [-0.2, 0) is 6.42 Å². The Labute approximate surface area is 746 Å². The molecule has 5 aliphatic heterocycles. The lowest BCUT2D eigenvalue weighted by atomic mass is 9.90. The fourth-order valence-electron chi connectivity index (χ4n) is 16.2. The van der Waals surface area contributed by atoms with Crippen molar-refractivity contribution in [3.8, 4) is 56.5 Å². The normalized spacial score (nSPS) is 20.3. The number of rotatable bonds is 21. The SMILES string of the molecule is CC(C)n1cc(-c2cc3nccnc3c(CCC3(F)CCCNC3)n2)cn1.FC1(CNc2nc(-c3cnco3)cc3nccnc23)CCCNC1.Fc1ccc(-c2cc3nccnc3c(NCC3(F)CCCNC3)n2)c(F)c1.Fc1ccc(-c2cc3nccnc3c(NCC3(F)CCCNC3)n2)cc1.Fc1ccc(-c2cc3nccnc3c(NCC3(F)CCCNC3)n2)cc1F. The number of halogens is 10. The number of pyridine rings is 5. The van der Waals surface area contributed by atoms with Crippen LogP contribution in [0.1, 0.15) is 96.2 Å². The van der Waals surface area contributed by atoms with E-state index in [-0.39, 0.29) is 62.4 Å². The quantitative estimate of drug-likeness (QED) is 0.0302. The van der Waals surface area contributed by atoms with E-state index in [1.807, 2.05) is 23.1 Å². The van der Waals surface area contributed by atoms with Crippen LogP contribution >= 0.6 is 0 Å². The number of fused-ring (bicyclic) bond motifs is 5. The summed E-state index contributed by atoms with van der Waals surface area (Å²) in [7, 11) is 0. The maximum Gasteiger partial charge on any atom is 0.181 e. The zero-order valence-electron chi connectivity index (χ0n) is 71.9. The van der Waals surface area contributed by atoms with E-state index in [9.17, 15) is 39.5 Å². The van der Waals surface area contributed by atoms with Crippen LogP contribution in [0.25, 0.3) is 112 Å². The van der Waals surface area contributed by atoms with Crippen molar-refractivity contribution in [3.63, 3.8) is 0 Å². The molecule has 5 fully saturated rings. The van der Waals surface area contributed by atoms with Gasteiger partial charge in [0, 0.05) is 135 Å². The van der Waals surface area contributed by atoms with Crippen molar-refractivity contribution in [3.05, 3.63) is 213 Å². The minimum atomic E-state index is -1.40. The molecule has 17 heterocycles. The van der Waals surface area contributed by atoms with Crippen LogP contribution in [0.4, 0.5) is 67.2 Å². The van der Waals surface area contributed by atoms with Crippen LogP contribution in [0.3, 0.4) is 0 Å². The Morgan fingerprint density at radius 1 is 0.374 bits per heavy atom. The molecule has 3 aromatic carbocycles. The summed E-state index contributed by atoms with van der Waals surface area (Å²) in [6, 6.07) is 21.9. The van der Waals surface area contributed by atoms with E-state index in [0.717, 1.165) is 123 Å². The first-order valence-electron chi connectivity index (χ1n) is 43.6. The summed E-state index contributed by atoms with van der Waals surface area (Å²) in [4.78, 5) is 70.0. The number of alkyl halides is 5. The molecular formula is C93H97F10N27O. The number of hydrogen-bond acceptors (Lipinski definition) is 27. The Kier molecular flexibility index (Phi) is 28.7. The number of nitrogens with zero attached hydrogens (tertiary/aromatic N) is 18. The number of piperidine rings is 5. The highest BCUT2D eigenvalue weighted by molar-refractivity contribution is 5.92. The van der Waals surface area contributed by atoms with Gasteiger partial charge in [0.25, 0.3) is 0 Å². The number of aryl methyl sites for hydroxylation is 1. The standard InChI is InChI=1S/C20H25FN6.2C19H18F3N5.C19H19F2N5.C16H17FN6O/c1-14(2)27-12-15(11-25-27)17-10-18-19(24-9-8-23-18)16(26-17)4-6-20(21)5-3-7-22-13-20;20-12-2-3-13(14(21)8-12)15-9-16-17(25-7-6-24-16)18(27-15)26-11-19(22)4-1-5-23-10-19;20-13-3-2-12(8-14(13)21)15-9-16-17(25-7-6-24-16)18(27-15)26-11-19(22)4-1-5-23-10-19;20-14-4-2-13(3-5-14)15-10-16-17(24-9-8-23-16)18(26-15)25-12-19(21)6-1-7-22-11-19;17-16(2-1-3-18-8-16)9-22-15-14-12(20-4-5-21-14)6-11(23-15)13-7-19-10-24-13/h8-12,14,22H,3-7,13H2,1-2H3;2*2-3,6-9,23H,1,4-5,10-11H2,(H,26,27);2-5,8-10,22H,1,6-7,11-12H2,(H,25,26);4-7,10,18H,1-3,8-9H2,(H,22,23). The van der Waals surface area contributed by atoms with Gasteiger partial charge in [-0.05, 0) is 209 Å². The van der Waals surface area contributed by atoms with Gasteiger partial charge in [0.15, 0.2) is 47.1 Å². The highest BCUT2D eigenvalue weighted by Gasteiger charge is 2.37. The van der Waals surface area contributed by atoms with Gasteiger partial charge in [-0.3, -0.25) is 39.6 Å². The lowest BCUT2D eigenvalue weighted by molar-refractivity contribution is 0.111. The van der Waals surface area contributed by atoms with Crippen LogP contribution in [0.2, 0.25) is 0 Å². The topological polar surface area (TPSA) is 345 Å². The van der Waals surface area contributed by atoms with Crippen molar-refractivity contribution in [1.82, 2.24) is 116 Å². The minimum absolute atomic E-state index is 0.0496. The second-order valence-corrected chi connectivity index (χ2v) is 33.5. The molecule has 12 aromatic heterocycles. The molecule has 38 heteroatoms. The van der Waals surface area contributed by atoms with Gasteiger partial charge < -0.3 is 52.3 Å². The summed E-state index contributed by atoms with van der Waals surface area (Å²) in [5.41, 5.74) is 5.20. The molecule has 131 heavy (non-hydrogen) atoms. The van der Waals surface area contributed by atoms with Gasteiger partial charge in [-0.2, -0.15) is 5.10 Å². The maximum atomic E-state index is 15.0. The third-order valence-electron chi connectivity index (χ3n) is 23.2. The largest absolute Gasteiger partial charge is 0.442 e. The van der Waals surface area contributed by atoms with Crippen molar-refractivity contribution in [1.29, 1.82) is 0 Å². The molecule has 28 nitrogen and oxygen atoms in total. The number of aromatic nitrogens is 18. The molecule has 0 aliphatic carbocycles. The molecule has 0 amide bonds. The van der Waals surface area contributed by atoms with Gasteiger partial charge in [0.05, 0.1) is 94.6 Å². The first-order chi connectivity index (χ1) is 63.5. The van der Waals surface area contributed by atoms with Crippen molar-refractivity contribution < 1.29 is 48.3 Å². The average molecular weight is 1800 g/mol. The molecule has 20 rings (SSSR count). The van der Waals surface area contributed by atoms with Gasteiger partial charge in [0.1, 0.15) is 79.1 Å². The number of nitrogens with one attached hydrogen (secondary N) is 9. The number of oxazole rings is 1. The van der Waals surface area contributed by atoms with Crippen LogP contribution in [-0.4, -0.2) is 209 Å². The van der Waals surface area contributed by atoms with Gasteiger partial charge in [-0.15, -0.1) is 0 Å². The second-order valence-electron chi connectivity index (χ2n) is 33.5. The predicted molar refractivity (Wildman–Crippen MR) is 482 cm³/mol. The molecule has 5 atom stereocenters. The highest BCUT2D eigenvalue weighted by Crippen LogP contribution is 2.37. The van der Waals surface area contributed by atoms with Crippen LogP contribution < -0.4 is 47.9 Å². The van der Waals surface area contributed by atoms with Crippen molar-refractivity contribution >= 4 is 78.4 Å². The third-order valence-corrected chi connectivity index (χ3v) is 23.2. The first-order valence-corrected chi connectivity index (χ1v) is 43.6. The molecule has 5 saturated heterocycles. The monoisotopic (exact) mass is 1800 g/mol. The zero-order chi connectivity index (χ0) is 91.0. The van der Waals surface area contributed by atoms with Crippen molar-refractivity contribution in [2.24, 2.45) is 0 Å². The fraction of sp³-hybridized carbons (Fsp3) is 0.366. The van der Waals surface area contributed by atoms with Gasteiger partial charge in [-0.1, -0.05) is 0 Å². The summed E-state index contributed by atoms with van der Waals surface area (Å²) >= 11 is 0. The van der Waals surface area contributed by atoms with E-state index in [4.69, 9.17) is 9.40 Å². The molecule has 0 radical (unpaired) electrons. The number of hydrogen-bond donors (Lipinski definition) is 9. The van der Waals surface area contributed by atoms with E-state index >= 15 is 4.39 Å². The van der Waals surface area contributed by atoms with Crippen LogP contribution in [0.5, 0.6) is 0 Å². The fourth-order valence-corrected chi connectivity index (χ4v) is 16.2. The summed E-state index contributed by atoms with van der Waals surface area (Å²) in [5.74, 6) is -1.40. The van der Waals surface area contributed by atoms with Crippen LogP contribution in [0, 0.1) is 29.1 Å². The van der Waals surface area contributed by atoms with E-state index < -0.39 is 51.6 Å². The summed E-state index contributed by atoms with van der Waals surface area (Å²) in [5, 5.41) is 32.1. The van der Waals surface area contributed by atoms with Gasteiger partial charge >= 0.3 is 0 Å². The summed E-state index contributed by atoms with van der Waals surface area (Å²) in [6.07, 6.45) is 30.1. The molecule has 0 spiro atoms. The molecule has 15 aromatic rings. The van der Waals surface area contributed by atoms with Crippen molar-refractivity contribution in [2.45, 2.75) is 125 Å². The average Bonchev–Trinajstić information content (AvgIpc) is 1.63. The first kappa shape index (κ1) is 91.2. The smallest absolute Gasteiger partial charge is 0.181 e. The Morgan fingerprint density at radius 3 is 1.17 bits per heavy atom. The predicted octanol–water partition coefficient (Wildman–Crippen LogP) is 16.0. The van der Waals surface area contributed by atoms with Crippen LogP contribution in [0.15, 0.2) is 182 Å². The maximum absolute atomic E-state index is 15.0. The Balaban J connectivity index is 0.000000120. The van der Waals surface area contributed by atoms with Gasteiger partial charge in [0.2, 0.25) is 0 Å². The lowest BCUT2D eigenvalue weighted by Crippen LogP contribution is -2.46. The Morgan fingerprint density at radius 2 is 0.756 bits per heavy atom. The van der Waals surface area contributed by atoms with E-state index in [1.165, 1.54) is 55.4 Å². The zero-order valence-corrected chi connectivity index (χ0v) is 71.9. The Bertz CT molecular complexity index is 6390. The summed E-state index contributed by atoms with van der Waals surface area (Å²) in [6.45, 7) is 10.4. The van der Waals surface area contributed by atoms with E-state index in [0.29, 0.717) is 160 Å². The number of anilines is 4. The highest BCUT2D eigenvalue weighted by atomic mass is 19.2. The molecule has 0 bridgehead atoms. The molecule has 0 saturated carbocycles. The number of benzene rings is 3. The Hall–Kier alpha value is -13.2. The molecule has 9 N–H and O–H groups in total. The molecule has 5 unspecified atom stereocenters. The minimum Gasteiger partial charge on any atom is -0.442 e. The third kappa shape index (κ3) is 23.2. The summed E-state index contributed by atoms with van der Waals surface area (Å²) < 4.78 is 149. The van der Waals surface area contributed by atoms with E-state index in [2.05, 4.69) is 142 Å². The van der Waals surface area contributed by atoms with E-state index in [1.54, 1.807) is 79.8 Å². The molecule has 680 valence electrons. The molecule has 5 aliphatic rings. The van der Waals surface area contributed by atoms with Crippen molar-refractivity contribution in [2.75, 3.05) is 113 Å². The second kappa shape index (κ2) is 41.3.